The average molecular weight is 258 g/mol. The number of urea groups is 1. The number of carbonyl (C=O) groups excluding carboxylic acids is 1. The normalized spacial score (nSPS) is 24.1. The number of aliphatic hydroxyl groups is 1. The lowest BCUT2D eigenvalue weighted by Gasteiger charge is -2.26. The quantitative estimate of drug-likeness (QED) is 0.690. The predicted molar refractivity (Wildman–Crippen MR) is 66.2 cm³/mol. The Hall–Kier alpha value is -1.30. The number of aliphatic carboxylic acids is 1. The number of aliphatic hydroxyl groups excluding tert-OH is 1. The molecule has 0 radical (unpaired) electrons. The molecule has 0 unspecified atom stereocenters. The van der Waals surface area contributed by atoms with Crippen LogP contribution in [0.15, 0.2) is 0 Å². The Morgan fingerprint density at radius 2 is 2.06 bits per heavy atom. The lowest BCUT2D eigenvalue weighted by molar-refractivity contribution is -0.141. The summed E-state index contributed by atoms with van der Waals surface area (Å²) in [5.41, 5.74) is -0.0211. The fourth-order valence-corrected chi connectivity index (χ4v) is 1.81. The first kappa shape index (κ1) is 14.8. The Morgan fingerprint density at radius 3 is 2.56 bits per heavy atom. The van der Waals surface area contributed by atoms with Gasteiger partial charge in [-0.3, -0.25) is 0 Å². The number of hydrogen-bond donors (Lipinski definition) is 3. The predicted octanol–water partition coefficient (Wildman–Crippen LogP) is 0.652. The van der Waals surface area contributed by atoms with Crippen molar-refractivity contribution >= 4 is 12.0 Å². The SMILES string of the molecule is CCC(C)(C)CNC(=O)N1C[C@H](O)C[C@H]1C(=O)O. The van der Waals surface area contributed by atoms with Crippen molar-refractivity contribution in [2.45, 2.75) is 45.8 Å². The highest BCUT2D eigenvalue weighted by Crippen LogP contribution is 2.20. The molecule has 0 aromatic heterocycles. The van der Waals surface area contributed by atoms with Crippen LogP contribution in [0.1, 0.15) is 33.6 Å². The molecule has 1 fully saturated rings. The van der Waals surface area contributed by atoms with E-state index in [2.05, 4.69) is 5.32 Å². The van der Waals surface area contributed by atoms with Crippen LogP contribution < -0.4 is 5.32 Å². The van der Waals surface area contributed by atoms with E-state index in [-0.39, 0.29) is 18.4 Å². The molecule has 3 N–H and O–H groups in total. The zero-order chi connectivity index (χ0) is 13.9. The summed E-state index contributed by atoms with van der Waals surface area (Å²) in [6.45, 7) is 6.66. The van der Waals surface area contributed by atoms with Crippen LogP contribution in [0, 0.1) is 5.41 Å². The zero-order valence-corrected chi connectivity index (χ0v) is 11.1. The summed E-state index contributed by atoms with van der Waals surface area (Å²) in [6.07, 6.45) is 0.258. The lowest BCUT2D eigenvalue weighted by atomic mass is 9.90. The molecule has 2 amide bonds. The standard InChI is InChI=1S/C12H22N2O4/c1-4-12(2,3)7-13-11(18)14-6-8(15)5-9(14)10(16)17/h8-9,15H,4-7H2,1-3H3,(H,13,18)(H,16,17)/t8-,9+/m1/s1. The molecule has 0 aromatic rings. The fraction of sp³-hybridized carbons (Fsp3) is 0.833. The van der Waals surface area contributed by atoms with E-state index in [1.54, 1.807) is 0 Å². The molecule has 0 bridgehead atoms. The van der Waals surface area contributed by atoms with Gasteiger partial charge in [0.05, 0.1) is 6.10 Å². The third-order valence-electron chi connectivity index (χ3n) is 3.50. The second-order valence-corrected chi connectivity index (χ2v) is 5.57. The molecule has 1 aliphatic rings. The van der Waals surface area contributed by atoms with E-state index in [1.165, 1.54) is 4.90 Å². The molecule has 0 aromatic carbocycles. The van der Waals surface area contributed by atoms with Gasteiger partial charge in [-0.25, -0.2) is 9.59 Å². The zero-order valence-electron chi connectivity index (χ0n) is 11.1. The van der Waals surface area contributed by atoms with Crippen LogP contribution in [0.2, 0.25) is 0 Å². The molecule has 0 saturated carbocycles. The number of carbonyl (C=O) groups is 2. The summed E-state index contributed by atoms with van der Waals surface area (Å²) in [7, 11) is 0. The number of nitrogens with zero attached hydrogens (tertiary/aromatic N) is 1. The fourth-order valence-electron chi connectivity index (χ4n) is 1.81. The maximum Gasteiger partial charge on any atom is 0.326 e. The molecule has 6 nitrogen and oxygen atoms in total. The number of carboxylic acids is 1. The van der Waals surface area contributed by atoms with Gasteiger partial charge in [-0.1, -0.05) is 20.8 Å². The first-order valence-electron chi connectivity index (χ1n) is 6.22. The third-order valence-corrected chi connectivity index (χ3v) is 3.50. The first-order valence-corrected chi connectivity index (χ1v) is 6.22. The minimum atomic E-state index is -1.07. The Kier molecular flexibility index (Phi) is 4.56. The van der Waals surface area contributed by atoms with E-state index >= 15 is 0 Å². The molecule has 1 aliphatic heterocycles. The number of carboxylic acid groups (broad SMARTS) is 1. The summed E-state index contributed by atoms with van der Waals surface area (Å²) < 4.78 is 0. The number of β-amino-alcohol motifs (C(OH)–C–C–N with tert-alkyl or cyclic N) is 1. The molecule has 104 valence electrons. The summed E-state index contributed by atoms with van der Waals surface area (Å²) in [5.74, 6) is -1.07. The van der Waals surface area contributed by atoms with Gasteiger partial charge in [0, 0.05) is 19.5 Å². The lowest BCUT2D eigenvalue weighted by Crippen LogP contribution is -2.48. The summed E-state index contributed by atoms with van der Waals surface area (Å²) >= 11 is 0. The minimum Gasteiger partial charge on any atom is -0.480 e. The van der Waals surface area contributed by atoms with E-state index in [4.69, 9.17) is 5.11 Å². The van der Waals surface area contributed by atoms with E-state index in [9.17, 15) is 14.7 Å². The van der Waals surface area contributed by atoms with E-state index in [0.717, 1.165) is 6.42 Å². The molecule has 1 heterocycles. The number of amides is 2. The van der Waals surface area contributed by atoms with Gasteiger partial charge in [0.25, 0.3) is 0 Å². The monoisotopic (exact) mass is 258 g/mol. The Balaban J connectivity index is 2.58. The summed E-state index contributed by atoms with van der Waals surface area (Å²) in [6, 6.07) is -1.34. The van der Waals surface area contributed by atoms with Gasteiger partial charge < -0.3 is 20.4 Å². The van der Waals surface area contributed by atoms with Crippen LogP contribution in [0.4, 0.5) is 4.79 Å². The van der Waals surface area contributed by atoms with Crippen LogP contribution in [0.25, 0.3) is 0 Å². The first-order chi connectivity index (χ1) is 8.26. The molecule has 0 aliphatic carbocycles. The van der Waals surface area contributed by atoms with E-state index in [1.807, 2.05) is 20.8 Å². The summed E-state index contributed by atoms with van der Waals surface area (Å²) in [4.78, 5) is 24.1. The maximum absolute atomic E-state index is 11.9. The molecule has 0 spiro atoms. The highest BCUT2D eigenvalue weighted by atomic mass is 16.4. The van der Waals surface area contributed by atoms with Gasteiger partial charge in [-0.15, -0.1) is 0 Å². The number of rotatable bonds is 4. The average Bonchev–Trinajstić information content (AvgIpc) is 2.68. The second kappa shape index (κ2) is 5.56. The molecular formula is C12H22N2O4. The largest absolute Gasteiger partial charge is 0.480 e. The second-order valence-electron chi connectivity index (χ2n) is 5.57. The van der Waals surface area contributed by atoms with Gasteiger partial charge in [-0.05, 0) is 11.8 Å². The third kappa shape index (κ3) is 3.60. The highest BCUT2D eigenvalue weighted by Gasteiger charge is 2.39. The summed E-state index contributed by atoms with van der Waals surface area (Å²) in [5, 5.41) is 21.2. The Morgan fingerprint density at radius 1 is 1.44 bits per heavy atom. The van der Waals surface area contributed by atoms with Gasteiger partial charge in [0.2, 0.25) is 0 Å². The van der Waals surface area contributed by atoms with Crippen molar-refractivity contribution < 1.29 is 19.8 Å². The van der Waals surface area contributed by atoms with Crippen molar-refractivity contribution in [1.29, 1.82) is 0 Å². The van der Waals surface area contributed by atoms with Crippen LogP contribution >= 0.6 is 0 Å². The van der Waals surface area contributed by atoms with Gasteiger partial charge in [-0.2, -0.15) is 0 Å². The maximum atomic E-state index is 11.9. The van der Waals surface area contributed by atoms with Crippen molar-refractivity contribution in [3.63, 3.8) is 0 Å². The molecular weight excluding hydrogens is 236 g/mol. The smallest absolute Gasteiger partial charge is 0.326 e. The molecule has 6 heteroatoms. The Labute approximate surface area is 107 Å². The molecule has 18 heavy (non-hydrogen) atoms. The van der Waals surface area contributed by atoms with E-state index in [0.29, 0.717) is 6.54 Å². The van der Waals surface area contributed by atoms with Crippen molar-refractivity contribution in [1.82, 2.24) is 10.2 Å². The molecule has 2 atom stereocenters. The Bertz CT molecular complexity index is 330. The van der Waals surface area contributed by atoms with Crippen LogP contribution in [-0.2, 0) is 4.79 Å². The molecule has 1 saturated heterocycles. The van der Waals surface area contributed by atoms with Crippen molar-refractivity contribution in [2.75, 3.05) is 13.1 Å². The minimum absolute atomic E-state index is 0.0211. The van der Waals surface area contributed by atoms with Crippen molar-refractivity contribution in [3.05, 3.63) is 0 Å². The van der Waals surface area contributed by atoms with Gasteiger partial charge in [0.1, 0.15) is 6.04 Å². The number of nitrogens with one attached hydrogen (secondary N) is 1. The number of likely N-dealkylation sites (tertiary alicyclic amines) is 1. The van der Waals surface area contributed by atoms with Gasteiger partial charge in [0.15, 0.2) is 0 Å². The van der Waals surface area contributed by atoms with Crippen molar-refractivity contribution in [2.24, 2.45) is 5.41 Å². The van der Waals surface area contributed by atoms with Crippen LogP contribution in [0.3, 0.4) is 0 Å². The highest BCUT2D eigenvalue weighted by molar-refractivity contribution is 5.83. The van der Waals surface area contributed by atoms with E-state index < -0.39 is 24.1 Å². The topological polar surface area (TPSA) is 89.9 Å². The number of hydrogen-bond acceptors (Lipinski definition) is 3. The molecule has 1 rings (SSSR count). The van der Waals surface area contributed by atoms with Crippen LogP contribution in [0.5, 0.6) is 0 Å². The van der Waals surface area contributed by atoms with Crippen LogP contribution in [-0.4, -0.2) is 52.3 Å². The van der Waals surface area contributed by atoms with Crippen molar-refractivity contribution in [3.8, 4) is 0 Å². The van der Waals surface area contributed by atoms with Gasteiger partial charge >= 0.3 is 12.0 Å².